The minimum absolute atomic E-state index is 0.0448. The molecule has 0 aliphatic rings. The van der Waals surface area contributed by atoms with Crippen molar-refractivity contribution >= 4 is 29.3 Å². The molecule has 134 valence electrons. The molecule has 0 saturated carbocycles. The topological polar surface area (TPSA) is 72.7 Å². The van der Waals surface area contributed by atoms with Gasteiger partial charge < -0.3 is 5.32 Å². The molecule has 26 heavy (non-hydrogen) atoms. The molecule has 1 aromatic heterocycles. The lowest BCUT2D eigenvalue weighted by molar-refractivity contribution is -0.120. The Morgan fingerprint density at radius 2 is 1.92 bits per heavy atom. The highest BCUT2D eigenvalue weighted by atomic mass is 35.5. The number of carbonyl (C=O) groups is 1. The van der Waals surface area contributed by atoms with Gasteiger partial charge in [0, 0.05) is 11.6 Å². The van der Waals surface area contributed by atoms with Gasteiger partial charge in [-0.25, -0.2) is 0 Å². The van der Waals surface area contributed by atoms with Gasteiger partial charge in [0.2, 0.25) is 11.1 Å². The molecule has 0 radical (unpaired) electrons. The average molecular weight is 388 g/mol. The van der Waals surface area contributed by atoms with E-state index < -0.39 is 0 Å². The van der Waals surface area contributed by atoms with Crippen LogP contribution in [0, 0.1) is 0 Å². The molecule has 1 amide bonds. The summed E-state index contributed by atoms with van der Waals surface area (Å²) >= 11 is 7.22. The predicted molar refractivity (Wildman–Crippen MR) is 103 cm³/mol. The molecule has 0 spiro atoms. The summed E-state index contributed by atoms with van der Waals surface area (Å²) < 4.78 is 1.59. The van der Waals surface area contributed by atoms with Crippen molar-refractivity contribution in [2.75, 3.05) is 6.54 Å². The maximum Gasteiger partial charge on any atom is 0.233 e. The summed E-state index contributed by atoms with van der Waals surface area (Å²) in [5, 5.41) is 15.6. The number of nitrogens with zero attached hydrogens (tertiary/aromatic N) is 4. The second-order valence-electron chi connectivity index (χ2n) is 5.64. The zero-order chi connectivity index (χ0) is 18.4. The molecule has 0 aliphatic carbocycles. The van der Waals surface area contributed by atoms with Crippen molar-refractivity contribution in [2.24, 2.45) is 0 Å². The van der Waals surface area contributed by atoms with Gasteiger partial charge in [-0.05, 0) is 53.6 Å². The molecule has 3 aromatic rings. The molecule has 2 aromatic carbocycles. The maximum atomic E-state index is 12.3. The fraction of sp³-hybridized carbons (Fsp3) is 0.222. The first-order valence-corrected chi connectivity index (χ1v) is 9.42. The zero-order valence-electron chi connectivity index (χ0n) is 14.2. The smallest absolute Gasteiger partial charge is 0.233 e. The molecule has 1 heterocycles. The fourth-order valence-electron chi connectivity index (χ4n) is 2.33. The predicted octanol–water partition coefficient (Wildman–Crippen LogP) is 3.16. The van der Waals surface area contributed by atoms with Gasteiger partial charge in [-0.1, -0.05) is 53.7 Å². The van der Waals surface area contributed by atoms with Crippen LogP contribution in [0.2, 0.25) is 5.02 Å². The monoisotopic (exact) mass is 387 g/mol. The van der Waals surface area contributed by atoms with E-state index >= 15 is 0 Å². The van der Waals surface area contributed by atoms with Gasteiger partial charge in [-0.3, -0.25) is 4.79 Å². The number of hydrogen-bond acceptors (Lipinski definition) is 5. The second kappa shape index (κ2) is 8.82. The third-order valence-corrected chi connectivity index (χ3v) is 5.00. The Bertz CT molecular complexity index is 854. The Kier molecular flexibility index (Phi) is 6.25. The number of carbonyl (C=O) groups excluding carboxylic acids is 1. The van der Waals surface area contributed by atoms with E-state index in [9.17, 15) is 4.79 Å². The van der Waals surface area contributed by atoms with Crippen LogP contribution >= 0.6 is 23.4 Å². The largest absolute Gasteiger partial charge is 0.355 e. The van der Waals surface area contributed by atoms with Crippen molar-refractivity contribution in [3.63, 3.8) is 0 Å². The van der Waals surface area contributed by atoms with Crippen LogP contribution in [0.15, 0.2) is 59.8 Å². The molecule has 1 unspecified atom stereocenters. The molecule has 0 fully saturated rings. The van der Waals surface area contributed by atoms with Crippen molar-refractivity contribution < 1.29 is 4.79 Å². The SMILES string of the molecule is CC(Sc1nnnn1-c1ccc(Cl)cc1)C(=O)NCCc1ccccc1. The van der Waals surface area contributed by atoms with E-state index in [2.05, 4.69) is 20.8 Å². The standard InChI is InChI=1S/C18H18ClN5OS/c1-13(17(25)20-12-11-14-5-3-2-4-6-14)26-18-21-22-23-24(18)16-9-7-15(19)8-10-16/h2-10,13H,11-12H2,1H3,(H,20,25). The molecule has 1 atom stereocenters. The van der Waals surface area contributed by atoms with Crippen molar-refractivity contribution in [2.45, 2.75) is 23.8 Å². The minimum atomic E-state index is -0.317. The number of benzene rings is 2. The van der Waals surface area contributed by atoms with Crippen molar-refractivity contribution in [3.8, 4) is 5.69 Å². The third kappa shape index (κ3) is 4.83. The van der Waals surface area contributed by atoms with E-state index in [1.54, 1.807) is 16.8 Å². The molecule has 0 bridgehead atoms. The van der Waals surface area contributed by atoms with Gasteiger partial charge in [0.25, 0.3) is 0 Å². The molecule has 3 rings (SSSR count). The number of aromatic nitrogens is 4. The van der Waals surface area contributed by atoms with Crippen molar-refractivity contribution in [1.29, 1.82) is 0 Å². The van der Waals surface area contributed by atoms with Crippen LogP contribution in [0.25, 0.3) is 5.69 Å². The zero-order valence-corrected chi connectivity index (χ0v) is 15.7. The van der Waals surface area contributed by atoms with Crippen molar-refractivity contribution in [1.82, 2.24) is 25.5 Å². The lowest BCUT2D eigenvalue weighted by Gasteiger charge is -2.11. The second-order valence-corrected chi connectivity index (χ2v) is 7.38. The van der Waals surface area contributed by atoms with Crippen LogP contribution in [0.5, 0.6) is 0 Å². The number of nitrogens with one attached hydrogen (secondary N) is 1. The quantitative estimate of drug-likeness (QED) is 0.630. The van der Waals surface area contributed by atoms with Gasteiger partial charge in [0.15, 0.2) is 0 Å². The van der Waals surface area contributed by atoms with Crippen LogP contribution < -0.4 is 5.32 Å². The van der Waals surface area contributed by atoms with Crippen molar-refractivity contribution in [3.05, 3.63) is 65.2 Å². The third-order valence-electron chi connectivity index (χ3n) is 3.72. The van der Waals surface area contributed by atoms with Crippen LogP contribution in [-0.4, -0.2) is 37.9 Å². The molecular weight excluding hydrogens is 370 g/mol. The summed E-state index contributed by atoms with van der Waals surface area (Å²) in [6.45, 7) is 2.43. The Morgan fingerprint density at radius 1 is 1.19 bits per heavy atom. The summed E-state index contributed by atoms with van der Waals surface area (Å²) in [7, 11) is 0. The first-order chi connectivity index (χ1) is 12.6. The lowest BCUT2D eigenvalue weighted by atomic mass is 10.1. The Balaban J connectivity index is 1.56. The number of halogens is 1. The molecule has 6 nitrogen and oxygen atoms in total. The molecule has 8 heteroatoms. The summed E-state index contributed by atoms with van der Waals surface area (Å²) in [4.78, 5) is 12.3. The highest BCUT2D eigenvalue weighted by molar-refractivity contribution is 8.00. The number of amides is 1. The van der Waals surface area contributed by atoms with Crippen LogP contribution in [0.3, 0.4) is 0 Å². The van der Waals surface area contributed by atoms with E-state index in [4.69, 9.17) is 11.6 Å². The molecule has 0 aliphatic heterocycles. The Morgan fingerprint density at radius 3 is 2.65 bits per heavy atom. The van der Waals surface area contributed by atoms with Gasteiger partial charge in [-0.2, -0.15) is 4.68 Å². The van der Waals surface area contributed by atoms with E-state index in [1.165, 1.54) is 17.3 Å². The number of hydrogen-bond donors (Lipinski definition) is 1. The normalized spacial score (nSPS) is 11.9. The first kappa shape index (κ1) is 18.4. The van der Waals surface area contributed by atoms with E-state index in [0.717, 1.165) is 12.1 Å². The van der Waals surface area contributed by atoms with Crippen LogP contribution in [0.1, 0.15) is 12.5 Å². The summed E-state index contributed by atoms with van der Waals surface area (Å²) in [6, 6.07) is 17.2. The fourth-order valence-corrected chi connectivity index (χ4v) is 3.28. The van der Waals surface area contributed by atoms with Crippen LogP contribution in [0.4, 0.5) is 0 Å². The van der Waals surface area contributed by atoms with E-state index in [-0.39, 0.29) is 11.2 Å². The Hall–Kier alpha value is -2.38. The number of rotatable bonds is 7. The number of thioether (sulfide) groups is 1. The molecular formula is C18H18ClN5OS. The summed E-state index contributed by atoms with van der Waals surface area (Å²) in [5.41, 5.74) is 1.98. The highest BCUT2D eigenvalue weighted by Gasteiger charge is 2.19. The van der Waals surface area contributed by atoms with E-state index in [1.807, 2.05) is 49.4 Å². The first-order valence-electron chi connectivity index (χ1n) is 8.16. The van der Waals surface area contributed by atoms with Gasteiger partial charge in [0.1, 0.15) is 0 Å². The van der Waals surface area contributed by atoms with E-state index in [0.29, 0.717) is 16.7 Å². The maximum absolute atomic E-state index is 12.3. The molecule has 1 N–H and O–H groups in total. The average Bonchev–Trinajstić information content (AvgIpc) is 3.11. The lowest BCUT2D eigenvalue weighted by Crippen LogP contribution is -2.32. The van der Waals surface area contributed by atoms with Gasteiger partial charge in [-0.15, -0.1) is 5.10 Å². The van der Waals surface area contributed by atoms with Crippen LogP contribution in [-0.2, 0) is 11.2 Å². The van der Waals surface area contributed by atoms with Gasteiger partial charge >= 0.3 is 0 Å². The summed E-state index contributed by atoms with van der Waals surface area (Å²) in [6.07, 6.45) is 0.798. The molecule has 0 saturated heterocycles. The van der Waals surface area contributed by atoms with Gasteiger partial charge in [0.05, 0.1) is 10.9 Å². The summed E-state index contributed by atoms with van der Waals surface area (Å²) in [5.74, 6) is -0.0448. The minimum Gasteiger partial charge on any atom is -0.355 e. The number of tetrazole rings is 1. The Labute approximate surface area is 160 Å². The highest BCUT2D eigenvalue weighted by Crippen LogP contribution is 2.23.